The summed E-state index contributed by atoms with van der Waals surface area (Å²) in [6, 6.07) is 0. The summed E-state index contributed by atoms with van der Waals surface area (Å²) >= 11 is 0. The minimum absolute atomic E-state index is 0.917. The van der Waals surface area contributed by atoms with Gasteiger partial charge in [0, 0.05) is 12.0 Å². The monoisotopic (exact) mass is 105 g/mol. The fraction of sp³-hybridized carbons (Fsp3) is 0. The van der Waals surface area contributed by atoms with Gasteiger partial charge in [-0.3, -0.25) is 0 Å². The van der Waals surface area contributed by atoms with Crippen molar-refractivity contribution in [3.05, 3.63) is 37.7 Å². The van der Waals surface area contributed by atoms with E-state index in [1.807, 2.05) is 25.7 Å². The minimum Gasteiger partial charge on any atom is -0.234 e. The average molecular weight is 105 g/mol. The van der Waals surface area contributed by atoms with Gasteiger partial charge in [-0.05, 0) is 25.7 Å². The molecule has 1 aliphatic carbocycles. The van der Waals surface area contributed by atoms with Crippen LogP contribution in [0.25, 0.3) is 0 Å². The average Bonchev–Trinajstić information content (AvgIpc) is 2.19. The Morgan fingerprint density at radius 3 is 2.50 bits per heavy atom. The summed E-state index contributed by atoms with van der Waals surface area (Å²) in [5.74, 6) is 2.61. The summed E-state index contributed by atoms with van der Waals surface area (Å²) in [5.41, 5.74) is 0. The highest BCUT2D eigenvalue weighted by Crippen LogP contribution is 2.22. The summed E-state index contributed by atoms with van der Waals surface area (Å²) < 4.78 is 0. The third-order valence-electron chi connectivity index (χ3n) is 0.914. The van der Waals surface area contributed by atoms with Crippen LogP contribution < -0.4 is 0 Å². The van der Waals surface area contributed by atoms with E-state index < -0.39 is 0 Å². The molecule has 0 aliphatic heterocycles. The Balaban J connectivity index is 2.35. The molecule has 1 aliphatic rings. The molecule has 0 N–H and O–H groups in total. The van der Waals surface area contributed by atoms with Gasteiger partial charge in [-0.25, -0.2) is 4.79 Å². The van der Waals surface area contributed by atoms with E-state index in [1.54, 1.807) is 5.94 Å². The topological polar surface area (TPSA) is 17.1 Å². The highest BCUT2D eigenvalue weighted by Gasteiger charge is 2.13. The molecule has 1 nitrogen and oxygen atoms in total. The second-order valence-electron chi connectivity index (χ2n) is 1.48. The maximum Gasteiger partial charge on any atom is 0.120 e. The molecule has 0 amide bonds. The SMILES string of the molecule is O=C=C[C]1[CH][CH][CH][CH]1. The molecule has 0 saturated heterocycles. The molecule has 0 spiro atoms. The zero-order chi connectivity index (χ0) is 5.82. The highest BCUT2D eigenvalue weighted by atomic mass is 16.1. The maximum absolute atomic E-state index is 9.69. The van der Waals surface area contributed by atoms with Crippen LogP contribution in [0.2, 0.25) is 0 Å². The van der Waals surface area contributed by atoms with Crippen LogP contribution in [-0.4, -0.2) is 5.94 Å². The van der Waals surface area contributed by atoms with Crippen LogP contribution >= 0.6 is 0 Å². The van der Waals surface area contributed by atoms with E-state index in [4.69, 9.17) is 0 Å². The summed E-state index contributed by atoms with van der Waals surface area (Å²) in [4.78, 5) is 9.69. The van der Waals surface area contributed by atoms with Gasteiger partial charge in [0.25, 0.3) is 0 Å². The van der Waals surface area contributed by atoms with E-state index in [-0.39, 0.29) is 0 Å². The van der Waals surface area contributed by atoms with Gasteiger partial charge in [-0.2, -0.15) is 0 Å². The second-order valence-corrected chi connectivity index (χ2v) is 1.48. The number of hydrogen-bond donors (Lipinski definition) is 0. The van der Waals surface area contributed by atoms with Crippen LogP contribution in [0, 0.1) is 31.6 Å². The van der Waals surface area contributed by atoms with E-state index in [2.05, 4.69) is 0 Å². The van der Waals surface area contributed by atoms with Gasteiger partial charge in [0.1, 0.15) is 5.94 Å². The fourth-order valence-corrected chi connectivity index (χ4v) is 0.553. The Kier molecular flexibility index (Phi) is 1.87. The van der Waals surface area contributed by atoms with Crippen molar-refractivity contribution in [2.24, 2.45) is 0 Å². The Morgan fingerprint density at radius 1 is 1.38 bits per heavy atom. The van der Waals surface area contributed by atoms with Crippen molar-refractivity contribution in [1.82, 2.24) is 0 Å². The molecule has 1 saturated carbocycles. The van der Waals surface area contributed by atoms with Crippen molar-refractivity contribution in [1.29, 1.82) is 0 Å². The van der Waals surface area contributed by atoms with Crippen molar-refractivity contribution in [2.45, 2.75) is 0 Å². The van der Waals surface area contributed by atoms with Crippen molar-refractivity contribution < 1.29 is 4.79 Å². The predicted molar refractivity (Wildman–Crippen MR) is 30.7 cm³/mol. The maximum atomic E-state index is 9.69. The minimum atomic E-state index is 0.917. The molecular formula is C7H5O. The number of rotatable bonds is 1. The third-order valence-corrected chi connectivity index (χ3v) is 0.914. The Bertz CT molecular complexity index is 106. The van der Waals surface area contributed by atoms with Gasteiger partial charge in [-0.1, -0.05) is 0 Å². The van der Waals surface area contributed by atoms with Gasteiger partial charge in [0.15, 0.2) is 0 Å². The molecule has 1 heteroatoms. The molecule has 0 aromatic heterocycles. The van der Waals surface area contributed by atoms with Crippen LogP contribution in [0.3, 0.4) is 0 Å². The van der Waals surface area contributed by atoms with Crippen molar-refractivity contribution >= 4 is 5.94 Å². The lowest BCUT2D eigenvalue weighted by Crippen LogP contribution is -1.83. The quantitative estimate of drug-likeness (QED) is 0.450. The van der Waals surface area contributed by atoms with Crippen LogP contribution in [0.5, 0.6) is 0 Å². The molecule has 0 aromatic rings. The molecule has 5 radical (unpaired) electrons. The predicted octanol–water partition coefficient (Wildman–Crippen LogP) is 0.779. The first-order chi connectivity index (χ1) is 3.93. The smallest absolute Gasteiger partial charge is 0.120 e. The van der Waals surface area contributed by atoms with Gasteiger partial charge in [0.05, 0.1) is 0 Å². The van der Waals surface area contributed by atoms with Crippen molar-refractivity contribution in [3.8, 4) is 0 Å². The lowest BCUT2D eigenvalue weighted by atomic mass is 10.1. The molecule has 8 heavy (non-hydrogen) atoms. The van der Waals surface area contributed by atoms with Gasteiger partial charge in [0.2, 0.25) is 0 Å². The van der Waals surface area contributed by atoms with E-state index in [0.29, 0.717) is 0 Å². The summed E-state index contributed by atoms with van der Waals surface area (Å²) in [6.45, 7) is 0. The van der Waals surface area contributed by atoms with Crippen LogP contribution in [-0.2, 0) is 4.79 Å². The van der Waals surface area contributed by atoms with E-state index in [0.717, 1.165) is 5.92 Å². The highest BCUT2D eigenvalue weighted by molar-refractivity contribution is 5.57. The Morgan fingerprint density at radius 2 is 2.00 bits per heavy atom. The van der Waals surface area contributed by atoms with Gasteiger partial charge in [-0.15, -0.1) is 0 Å². The van der Waals surface area contributed by atoms with Crippen LogP contribution in [0.1, 0.15) is 0 Å². The second kappa shape index (κ2) is 2.68. The summed E-state index contributed by atoms with van der Waals surface area (Å²) in [5, 5.41) is 0. The van der Waals surface area contributed by atoms with Gasteiger partial charge >= 0.3 is 0 Å². The van der Waals surface area contributed by atoms with Crippen molar-refractivity contribution in [2.75, 3.05) is 0 Å². The number of allylic oxidation sites excluding steroid dienone is 1. The van der Waals surface area contributed by atoms with Gasteiger partial charge < -0.3 is 0 Å². The number of hydrogen-bond acceptors (Lipinski definition) is 1. The zero-order valence-electron chi connectivity index (χ0n) is 4.29. The fourth-order valence-electron chi connectivity index (χ4n) is 0.553. The Labute approximate surface area is 49.4 Å². The first-order valence-corrected chi connectivity index (χ1v) is 2.36. The molecule has 0 atom stereocenters. The molecular weight excluding hydrogens is 100 g/mol. The zero-order valence-corrected chi connectivity index (χ0v) is 4.29. The molecule has 1 fully saturated rings. The largest absolute Gasteiger partial charge is 0.234 e. The first-order valence-electron chi connectivity index (χ1n) is 2.36. The normalized spacial score (nSPS) is 20.5. The molecule has 0 aromatic carbocycles. The van der Waals surface area contributed by atoms with Crippen molar-refractivity contribution in [3.63, 3.8) is 0 Å². The first kappa shape index (κ1) is 5.58. The molecule has 0 heterocycles. The van der Waals surface area contributed by atoms with Crippen LogP contribution in [0.4, 0.5) is 0 Å². The Hall–Kier alpha value is -0.550. The summed E-state index contributed by atoms with van der Waals surface area (Å²) in [6.07, 6.45) is 8.86. The molecule has 1 rings (SSSR count). The summed E-state index contributed by atoms with van der Waals surface area (Å²) in [7, 11) is 0. The standard InChI is InChI=1S/C7H5O/c8-6-5-7-3-1-2-4-7/h1-5H. The molecule has 0 unspecified atom stereocenters. The van der Waals surface area contributed by atoms with Crippen LogP contribution in [0.15, 0.2) is 6.08 Å². The lowest BCUT2D eigenvalue weighted by Gasteiger charge is -1.90. The van der Waals surface area contributed by atoms with E-state index >= 15 is 0 Å². The lowest BCUT2D eigenvalue weighted by molar-refractivity contribution is 0.568. The van der Waals surface area contributed by atoms with E-state index in [1.165, 1.54) is 6.08 Å². The molecule has 39 valence electrons. The van der Waals surface area contributed by atoms with E-state index in [9.17, 15) is 4.79 Å². The third kappa shape index (κ3) is 1.21. The number of carbonyl (C=O) groups excluding carboxylic acids is 1. The molecule has 0 bridgehead atoms.